The number of thiazole rings is 1. The van der Waals surface area contributed by atoms with Crippen LogP contribution in [-0.2, 0) is 14.6 Å². The third-order valence-corrected chi connectivity index (χ3v) is 10.8. The molecule has 1 aliphatic heterocycles. The second-order valence-corrected chi connectivity index (χ2v) is 14.1. The van der Waals surface area contributed by atoms with Gasteiger partial charge in [-0.2, -0.15) is 5.26 Å². The van der Waals surface area contributed by atoms with E-state index in [0.29, 0.717) is 43.2 Å². The summed E-state index contributed by atoms with van der Waals surface area (Å²) in [4.78, 5) is 29.6. The van der Waals surface area contributed by atoms with E-state index in [0.717, 1.165) is 53.5 Å². The molecule has 2 atom stereocenters. The summed E-state index contributed by atoms with van der Waals surface area (Å²) in [5.41, 5.74) is 1.94. The molecule has 6 rings (SSSR count). The maximum absolute atomic E-state index is 13.5. The van der Waals surface area contributed by atoms with Crippen molar-refractivity contribution >= 4 is 32.8 Å². The first-order valence-corrected chi connectivity index (χ1v) is 16.2. The van der Waals surface area contributed by atoms with Crippen molar-refractivity contribution in [2.45, 2.75) is 50.0 Å². The van der Waals surface area contributed by atoms with Gasteiger partial charge >= 0.3 is 0 Å². The van der Waals surface area contributed by atoms with E-state index in [4.69, 9.17) is 4.98 Å². The molecule has 12 heteroatoms. The fourth-order valence-electron chi connectivity index (χ4n) is 5.59. The lowest BCUT2D eigenvalue weighted by Gasteiger charge is -2.31. The summed E-state index contributed by atoms with van der Waals surface area (Å²) >= 11 is 1.41. The van der Waals surface area contributed by atoms with Crippen LogP contribution < -0.4 is 10.2 Å². The largest absolute Gasteiger partial charge is 0.369 e. The molecule has 0 bridgehead atoms. The summed E-state index contributed by atoms with van der Waals surface area (Å²) in [6.45, 7) is 0.922. The molecule has 2 aliphatic carbocycles. The summed E-state index contributed by atoms with van der Waals surface area (Å²) in [6, 6.07) is 10.2. The van der Waals surface area contributed by atoms with Gasteiger partial charge in [-0.15, -0.1) is 11.3 Å². The minimum Gasteiger partial charge on any atom is -0.369 e. The third kappa shape index (κ3) is 5.45. The van der Waals surface area contributed by atoms with Crippen LogP contribution in [0.15, 0.2) is 36.7 Å². The van der Waals surface area contributed by atoms with Gasteiger partial charge in [0.15, 0.2) is 26.5 Å². The molecule has 2 unspecified atom stereocenters. The Hall–Kier alpha value is -3.43. The van der Waals surface area contributed by atoms with Crippen molar-refractivity contribution in [1.82, 2.24) is 20.3 Å². The quantitative estimate of drug-likeness (QED) is 0.462. The van der Waals surface area contributed by atoms with Crippen LogP contribution in [0.3, 0.4) is 0 Å². The van der Waals surface area contributed by atoms with Crippen LogP contribution in [0.2, 0.25) is 0 Å². The van der Waals surface area contributed by atoms with Crippen molar-refractivity contribution in [3.8, 4) is 27.3 Å². The first-order chi connectivity index (χ1) is 19.3. The second-order valence-electron chi connectivity index (χ2n) is 10.8. The Morgan fingerprint density at radius 1 is 1.10 bits per heavy atom. The molecule has 0 spiro atoms. The highest BCUT2D eigenvalue weighted by Gasteiger charge is 2.47. The SMILES string of the molecule is N#CC1(NC(=O)C2CCCCC2c2nc(-c3ncc(F)cn3)sc2-c2ccc(N3CCS(=O)(=O)CC3)cc2)CC1. The van der Waals surface area contributed by atoms with Crippen LogP contribution in [0.4, 0.5) is 10.1 Å². The molecule has 3 fully saturated rings. The third-order valence-electron chi connectivity index (χ3n) is 8.08. The van der Waals surface area contributed by atoms with E-state index in [1.165, 1.54) is 11.3 Å². The number of nitrogens with zero attached hydrogens (tertiary/aromatic N) is 5. The van der Waals surface area contributed by atoms with Gasteiger partial charge in [-0.3, -0.25) is 4.79 Å². The Bertz CT molecular complexity index is 1550. The van der Waals surface area contributed by atoms with Crippen molar-refractivity contribution in [2.24, 2.45) is 5.92 Å². The average Bonchev–Trinajstić information content (AvgIpc) is 3.60. The molecular weight excluding hydrogens is 551 g/mol. The average molecular weight is 581 g/mol. The molecule has 208 valence electrons. The zero-order chi connectivity index (χ0) is 27.9. The molecular formula is C28H29FN6O3S2. The van der Waals surface area contributed by atoms with E-state index >= 15 is 0 Å². The normalized spacial score (nSPS) is 23.2. The number of carbonyl (C=O) groups is 1. The maximum atomic E-state index is 13.5. The number of hydrogen-bond acceptors (Lipinski definition) is 9. The van der Waals surface area contributed by atoms with Crippen molar-refractivity contribution in [2.75, 3.05) is 29.5 Å². The smallest absolute Gasteiger partial charge is 0.225 e. The van der Waals surface area contributed by atoms with E-state index in [1.807, 2.05) is 24.3 Å². The molecule has 3 heterocycles. The van der Waals surface area contributed by atoms with Gasteiger partial charge in [-0.05, 0) is 43.4 Å². The Morgan fingerprint density at radius 2 is 1.77 bits per heavy atom. The molecule has 1 amide bonds. The molecule has 3 aliphatic rings. The summed E-state index contributed by atoms with van der Waals surface area (Å²) in [6.07, 6.45) is 6.99. The van der Waals surface area contributed by atoms with E-state index in [2.05, 4.69) is 26.3 Å². The van der Waals surface area contributed by atoms with Crippen molar-refractivity contribution in [3.05, 3.63) is 48.2 Å². The van der Waals surface area contributed by atoms with Crippen LogP contribution in [0.5, 0.6) is 0 Å². The van der Waals surface area contributed by atoms with Crippen LogP contribution in [-0.4, -0.2) is 59.4 Å². The van der Waals surface area contributed by atoms with Gasteiger partial charge in [0.25, 0.3) is 0 Å². The summed E-state index contributed by atoms with van der Waals surface area (Å²) in [5.74, 6) is -0.467. The number of nitriles is 1. The number of anilines is 1. The number of rotatable bonds is 6. The van der Waals surface area contributed by atoms with Gasteiger partial charge in [-0.25, -0.2) is 27.8 Å². The number of sulfone groups is 1. The number of halogens is 1. The molecule has 2 saturated carbocycles. The molecule has 1 N–H and O–H groups in total. The summed E-state index contributed by atoms with van der Waals surface area (Å²) < 4.78 is 37.3. The number of carbonyl (C=O) groups excluding carboxylic acids is 1. The summed E-state index contributed by atoms with van der Waals surface area (Å²) in [5, 5.41) is 13.1. The minimum absolute atomic E-state index is 0.0994. The van der Waals surface area contributed by atoms with Gasteiger partial charge in [0.05, 0.1) is 40.5 Å². The second kappa shape index (κ2) is 10.5. The number of hydrogen-bond donors (Lipinski definition) is 1. The molecule has 1 aromatic carbocycles. The minimum atomic E-state index is -2.98. The number of amides is 1. The fraction of sp³-hybridized carbons (Fsp3) is 0.464. The zero-order valence-electron chi connectivity index (χ0n) is 21.8. The molecule has 40 heavy (non-hydrogen) atoms. The Balaban J connectivity index is 1.35. The van der Waals surface area contributed by atoms with Crippen molar-refractivity contribution < 1.29 is 17.6 Å². The lowest BCUT2D eigenvalue weighted by atomic mass is 9.76. The first-order valence-electron chi connectivity index (χ1n) is 13.5. The fourth-order valence-corrected chi connectivity index (χ4v) is 7.88. The first kappa shape index (κ1) is 26.8. The predicted octanol–water partition coefficient (Wildman–Crippen LogP) is 4.09. The molecule has 1 saturated heterocycles. The van der Waals surface area contributed by atoms with Crippen LogP contribution >= 0.6 is 11.3 Å². The lowest BCUT2D eigenvalue weighted by molar-refractivity contribution is -0.127. The zero-order valence-corrected chi connectivity index (χ0v) is 23.5. The standard InChI is InChI=1S/C28H29FN6O3S2/c29-19-15-31-25(32-16-19)27-33-23(21-3-1-2-4-22(21)26(36)34-28(17-30)9-10-28)24(39-27)18-5-7-20(8-6-18)35-11-13-40(37,38)14-12-35/h5-8,15-16,21-22H,1-4,9-14H2,(H,34,36). The Kier molecular flexibility index (Phi) is 7.04. The molecule has 3 aromatic rings. The molecule has 9 nitrogen and oxygen atoms in total. The number of nitrogens with one attached hydrogen (secondary N) is 1. The van der Waals surface area contributed by atoms with E-state index in [9.17, 15) is 22.9 Å². The van der Waals surface area contributed by atoms with Gasteiger partial charge in [0, 0.05) is 30.6 Å². The summed E-state index contributed by atoms with van der Waals surface area (Å²) in [7, 11) is -2.98. The van der Waals surface area contributed by atoms with E-state index in [1.54, 1.807) is 0 Å². The van der Waals surface area contributed by atoms with Gasteiger partial charge < -0.3 is 10.2 Å². The van der Waals surface area contributed by atoms with Crippen LogP contribution in [0.1, 0.15) is 50.1 Å². The van der Waals surface area contributed by atoms with E-state index in [-0.39, 0.29) is 29.2 Å². The highest BCUT2D eigenvalue weighted by Crippen LogP contribution is 2.46. The van der Waals surface area contributed by atoms with E-state index < -0.39 is 21.2 Å². The maximum Gasteiger partial charge on any atom is 0.225 e. The van der Waals surface area contributed by atoms with Gasteiger partial charge in [0.1, 0.15) is 5.54 Å². The highest BCUT2D eigenvalue weighted by atomic mass is 32.2. The molecule has 0 radical (unpaired) electrons. The number of benzene rings is 1. The van der Waals surface area contributed by atoms with Crippen molar-refractivity contribution in [3.63, 3.8) is 0 Å². The van der Waals surface area contributed by atoms with Gasteiger partial charge in [0.2, 0.25) is 5.91 Å². The van der Waals surface area contributed by atoms with Crippen LogP contribution in [0.25, 0.3) is 21.3 Å². The molecule has 2 aromatic heterocycles. The topological polar surface area (TPSA) is 129 Å². The van der Waals surface area contributed by atoms with Crippen molar-refractivity contribution in [1.29, 1.82) is 5.26 Å². The number of aromatic nitrogens is 3. The van der Waals surface area contributed by atoms with Gasteiger partial charge in [-0.1, -0.05) is 25.0 Å². The highest BCUT2D eigenvalue weighted by molar-refractivity contribution is 7.91. The lowest BCUT2D eigenvalue weighted by Crippen LogP contribution is -2.42. The monoisotopic (exact) mass is 580 g/mol. The van der Waals surface area contributed by atoms with Crippen LogP contribution in [0, 0.1) is 23.1 Å². The Labute approximate surface area is 236 Å². The Morgan fingerprint density at radius 3 is 2.42 bits per heavy atom. The predicted molar refractivity (Wildman–Crippen MR) is 150 cm³/mol.